The Bertz CT molecular complexity index is 728. The number of aromatic nitrogens is 2. The monoisotopic (exact) mass is 298 g/mol. The van der Waals surface area contributed by atoms with E-state index < -0.39 is 0 Å². The highest BCUT2D eigenvalue weighted by Crippen LogP contribution is 2.33. The molecule has 0 unspecified atom stereocenters. The molecule has 0 aliphatic heterocycles. The minimum atomic E-state index is 0.289. The predicted octanol–water partition coefficient (Wildman–Crippen LogP) is 4.41. The van der Waals surface area contributed by atoms with Crippen molar-refractivity contribution in [2.24, 2.45) is 0 Å². The van der Waals surface area contributed by atoms with E-state index in [0.717, 1.165) is 20.9 Å². The SMILES string of the molecule is Cc1sc(-n2cnc3cc(Cl)c(Cl)cc32)cc1O. The quantitative estimate of drug-likeness (QED) is 0.723. The third kappa shape index (κ3) is 1.77. The third-order valence-electron chi connectivity index (χ3n) is 2.71. The summed E-state index contributed by atoms with van der Waals surface area (Å²) in [4.78, 5) is 5.15. The van der Waals surface area contributed by atoms with Crippen LogP contribution in [0.25, 0.3) is 16.0 Å². The Morgan fingerprint density at radius 1 is 1.22 bits per heavy atom. The van der Waals surface area contributed by atoms with Gasteiger partial charge in [0.15, 0.2) is 0 Å². The molecule has 0 amide bonds. The highest BCUT2D eigenvalue weighted by molar-refractivity contribution is 7.14. The van der Waals surface area contributed by atoms with Crippen molar-refractivity contribution in [1.29, 1.82) is 0 Å². The summed E-state index contributed by atoms with van der Waals surface area (Å²) >= 11 is 13.5. The number of imidazole rings is 1. The van der Waals surface area contributed by atoms with Crippen LogP contribution in [0.15, 0.2) is 24.5 Å². The zero-order valence-electron chi connectivity index (χ0n) is 9.32. The first-order chi connectivity index (χ1) is 8.56. The molecule has 1 N–H and O–H groups in total. The van der Waals surface area contributed by atoms with Crippen LogP contribution in [0.3, 0.4) is 0 Å². The van der Waals surface area contributed by atoms with Gasteiger partial charge in [-0.2, -0.15) is 0 Å². The van der Waals surface area contributed by atoms with Crippen LogP contribution in [0.5, 0.6) is 5.75 Å². The Morgan fingerprint density at radius 2 is 1.94 bits per heavy atom. The van der Waals surface area contributed by atoms with Crippen molar-refractivity contribution in [1.82, 2.24) is 9.55 Å². The van der Waals surface area contributed by atoms with E-state index in [0.29, 0.717) is 10.0 Å². The Morgan fingerprint density at radius 3 is 2.61 bits per heavy atom. The predicted molar refractivity (Wildman–Crippen MR) is 75.4 cm³/mol. The normalized spacial score (nSPS) is 11.3. The molecule has 0 spiro atoms. The molecule has 0 atom stereocenters. The smallest absolute Gasteiger partial charge is 0.131 e. The molecule has 3 aromatic rings. The first-order valence-corrected chi connectivity index (χ1v) is 6.75. The molecule has 0 saturated heterocycles. The number of thiophene rings is 1. The van der Waals surface area contributed by atoms with Crippen molar-refractivity contribution < 1.29 is 5.11 Å². The van der Waals surface area contributed by atoms with Gasteiger partial charge in [-0.15, -0.1) is 11.3 Å². The molecule has 3 rings (SSSR count). The molecule has 18 heavy (non-hydrogen) atoms. The minimum absolute atomic E-state index is 0.289. The van der Waals surface area contributed by atoms with Gasteiger partial charge in [-0.25, -0.2) is 4.98 Å². The number of aromatic hydroxyl groups is 1. The molecule has 0 aliphatic carbocycles. The second-order valence-corrected chi connectivity index (χ2v) is 5.94. The molecule has 2 aromatic heterocycles. The number of halogens is 2. The Balaban J connectivity index is 2.26. The van der Waals surface area contributed by atoms with Crippen molar-refractivity contribution in [3.8, 4) is 10.8 Å². The van der Waals surface area contributed by atoms with E-state index >= 15 is 0 Å². The second-order valence-electron chi connectivity index (χ2n) is 3.90. The van der Waals surface area contributed by atoms with Gasteiger partial charge in [0.25, 0.3) is 0 Å². The van der Waals surface area contributed by atoms with Gasteiger partial charge in [0.05, 0.1) is 21.1 Å². The fraction of sp³-hybridized carbons (Fsp3) is 0.0833. The van der Waals surface area contributed by atoms with Crippen LogP contribution in [-0.2, 0) is 0 Å². The van der Waals surface area contributed by atoms with Crippen molar-refractivity contribution in [2.45, 2.75) is 6.92 Å². The zero-order chi connectivity index (χ0) is 12.9. The third-order valence-corrected chi connectivity index (χ3v) is 4.47. The molecule has 1 aromatic carbocycles. The van der Waals surface area contributed by atoms with Gasteiger partial charge in [-0.1, -0.05) is 23.2 Å². The van der Waals surface area contributed by atoms with Gasteiger partial charge in [0, 0.05) is 10.9 Å². The number of rotatable bonds is 1. The van der Waals surface area contributed by atoms with Crippen LogP contribution in [0.1, 0.15) is 4.88 Å². The largest absolute Gasteiger partial charge is 0.507 e. The van der Waals surface area contributed by atoms with Crippen molar-refractivity contribution in [3.05, 3.63) is 39.4 Å². The number of hydrogen-bond acceptors (Lipinski definition) is 3. The van der Waals surface area contributed by atoms with Crippen LogP contribution in [0, 0.1) is 6.92 Å². The average Bonchev–Trinajstić information content (AvgIpc) is 2.85. The molecule has 0 bridgehead atoms. The second kappa shape index (κ2) is 4.16. The van der Waals surface area contributed by atoms with E-state index in [4.69, 9.17) is 23.2 Å². The summed E-state index contributed by atoms with van der Waals surface area (Å²) in [6, 6.07) is 5.22. The van der Waals surface area contributed by atoms with E-state index in [2.05, 4.69) is 4.98 Å². The van der Waals surface area contributed by atoms with Crippen LogP contribution < -0.4 is 0 Å². The maximum Gasteiger partial charge on any atom is 0.131 e. The number of fused-ring (bicyclic) bond motifs is 1. The first kappa shape index (κ1) is 11.8. The van der Waals surface area contributed by atoms with E-state index in [-0.39, 0.29) is 5.75 Å². The molecule has 2 heterocycles. The molecule has 0 saturated carbocycles. The van der Waals surface area contributed by atoms with Gasteiger partial charge >= 0.3 is 0 Å². The topological polar surface area (TPSA) is 38.0 Å². The fourth-order valence-electron chi connectivity index (χ4n) is 1.76. The number of aryl methyl sites for hydroxylation is 1. The number of nitrogens with zero attached hydrogens (tertiary/aromatic N) is 2. The zero-order valence-corrected chi connectivity index (χ0v) is 11.6. The first-order valence-electron chi connectivity index (χ1n) is 5.18. The van der Waals surface area contributed by atoms with Crippen LogP contribution in [0.2, 0.25) is 10.0 Å². The van der Waals surface area contributed by atoms with Gasteiger partial charge < -0.3 is 5.11 Å². The summed E-state index contributed by atoms with van der Waals surface area (Å²) in [5, 5.41) is 11.5. The maximum atomic E-state index is 9.64. The van der Waals surface area contributed by atoms with Gasteiger partial charge in [0.2, 0.25) is 0 Å². The average molecular weight is 299 g/mol. The molecule has 3 nitrogen and oxygen atoms in total. The van der Waals surface area contributed by atoms with Gasteiger partial charge in [0.1, 0.15) is 17.1 Å². The molecular formula is C12H8Cl2N2OS. The summed E-state index contributed by atoms with van der Waals surface area (Å²) in [5.41, 5.74) is 1.64. The van der Waals surface area contributed by atoms with E-state index in [1.54, 1.807) is 24.5 Å². The lowest BCUT2D eigenvalue weighted by Crippen LogP contribution is -1.87. The molecule has 0 radical (unpaired) electrons. The Kier molecular flexibility index (Phi) is 2.73. The lowest BCUT2D eigenvalue weighted by atomic mass is 10.3. The molecule has 92 valence electrons. The van der Waals surface area contributed by atoms with Crippen LogP contribution >= 0.6 is 34.5 Å². The Hall–Kier alpha value is -1.23. The molecular weight excluding hydrogens is 291 g/mol. The molecule has 6 heteroatoms. The van der Waals surface area contributed by atoms with E-state index in [9.17, 15) is 5.11 Å². The Labute approximate surface area is 117 Å². The highest BCUT2D eigenvalue weighted by atomic mass is 35.5. The summed E-state index contributed by atoms with van der Waals surface area (Å²) in [6.45, 7) is 1.87. The summed E-state index contributed by atoms with van der Waals surface area (Å²) in [5.74, 6) is 0.289. The lowest BCUT2D eigenvalue weighted by Gasteiger charge is -2.01. The van der Waals surface area contributed by atoms with Crippen molar-refractivity contribution in [3.63, 3.8) is 0 Å². The maximum absolute atomic E-state index is 9.64. The van der Waals surface area contributed by atoms with E-state index in [1.165, 1.54) is 11.3 Å². The summed E-state index contributed by atoms with van der Waals surface area (Å²) < 4.78 is 1.88. The van der Waals surface area contributed by atoms with E-state index in [1.807, 2.05) is 11.5 Å². The minimum Gasteiger partial charge on any atom is -0.507 e. The lowest BCUT2D eigenvalue weighted by molar-refractivity contribution is 0.474. The summed E-state index contributed by atoms with van der Waals surface area (Å²) in [7, 11) is 0. The standard InChI is InChI=1S/C12H8Cl2N2OS/c1-6-11(17)4-12(18-6)16-5-15-9-2-7(13)8(14)3-10(9)16/h2-5,17H,1H3. The number of benzene rings is 1. The fourth-order valence-corrected chi connectivity index (χ4v) is 2.96. The van der Waals surface area contributed by atoms with Gasteiger partial charge in [-0.05, 0) is 19.1 Å². The van der Waals surface area contributed by atoms with Crippen LogP contribution in [0.4, 0.5) is 0 Å². The van der Waals surface area contributed by atoms with Gasteiger partial charge in [-0.3, -0.25) is 4.57 Å². The van der Waals surface area contributed by atoms with Crippen molar-refractivity contribution >= 4 is 45.6 Å². The molecule has 0 aliphatic rings. The molecule has 0 fully saturated rings. The summed E-state index contributed by atoms with van der Waals surface area (Å²) in [6.07, 6.45) is 1.70. The van der Waals surface area contributed by atoms with Crippen molar-refractivity contribution in [2.75, 3.05) is 0 Å². The highest BCUT2D eigenvalue weighted by Gasteiger charge is 2.11. The van der Waals surface area contributed by atoms with Crippen LogP contribution in [-0.4, -0.2) is 14.7 Å². The number of hydrogen-bond donors (Lipinski definition) is 1.